The van der Waals surface area contributed by atoms with Crippen LogP contribution in [0.2, 0.25) is 0 Å². The van der Waals surface area contributed by atoms with Gasteiger partial charge in [0.25, 0.3) is 0 Å². The summed E-state index contributed by atoms with van der Waals surface area (Å²) < 4.78 is 26.8. The molecule has 0 atom stereocenters. The highest BCUT2D eigenvalue weighted by Crippen LogP contribution is 2.56. The number of fused-ring (bicyclic) bond motifs is 22. The number of benzene rings is 26. The summed E-state index contributed by atoms with van der Waals surface area (Å²) in [6, 6.07) is 181. The SMILES string of the molecule is c1ccc(-c2ccc(-c3ccc(-c4c5ccccc5c(-c5cccc6ccccc56)c5ccccc45)c4c3oc3ccccc34)c3ccccc23)cc1.c1ccc2c(-c3c4ccccc4c(-c4ccc(-c5cccc6oc7ccccc7c56)c5oc6ccccc6c45)c4ccccc34)cccc2c1.c1cncc(-c2ccc(-c3c4ccccc4c(-c4cccc5ccccc45)c4ccccc34)c3c2oc2ccccc23)c1. The summed E-state index contributed by atoms with van der Waals surface area (Å²) in [6.45, 7) is 0. The first-order valence-corrected chi connectivity index (χ1v) is 50.0. The average molecular weight is 1860 g/mol. The van der Waals surface area contributed by atoms with Gasteiger partial charge in [-0.2, -0.15) is 0 Å². The van der Waals surface area contributed by atoms with E-state index in [1.54, 1.807) is 0 Å². The Hall–Kier alpha value is -19.3. The Bertz CT molecular complexity index is 10600. The lowest BCUT2D eigenvalue weighted by Crippen LogP contribution is -1.93. The minimum atomic E-state index is 0.873. The molecule has 0 N–H and O–H groups in total. The Morgan fingerprint density at radius 3 is 0.733 bits per heavy atom. The standard InChI is InChI=1S/C52H32O.C48H28O2.C41H25NO/c1-2-15-33(16-3-1)36-29-30-39(38-21-7-6-20-37(36)38)45-31-32-47(51-46-26-12-13-28-48(46)53-52(45)51)50-43-24-10-8-22-41(43)49(42-23-9-11-25-44(42)50)40-27-14-18-34-17-4-5-19-35(34)40;1-2-15-30-29(13-1)14-11-22-31(30)44-32-16-3-5-18-34(32)45(35-19-6-4-17-33(35)44)40-28-27-37(48-47(40)39-21-8-10-25-42(39)50-48)36-23-12-26-43-46(36)38-20-7-9-24-41(38)49-43;1-2-14-28-26(11-1)12-9-20-30(28)38-31-15-3-5-17-33(31)39(34-18-6-4-16-32(34)38)36-23-22-29(27-13-10-24-42-25-27)41-40(36)35-19-7-8-21-37(35)43-41/h1-32H;1-28H;1-25H. The van der Waals surface area contributed by atoms with Crippen LogP contribution in [0.25, 0.3) is 307 Å². The first-order chi connectivity index (χ1) is 72.5. The second-order valence-corrected chi connectivity index (χ2v) is 38.1. The minimum Gasteiger partial charge on any atom is -0.456 e. The van der Waals surface area contributed by atoms with Crippen LogP contribution in [0.3, 0.4) is 0 Å². The van der Waals surface area contributed by atoms with Crippen LogP contribution in [-0.4, -0.2) is 4.98 Å². The monoisotopic (exact) mass is 1860 g/mol. The van der Waals surface area contributed by atoms with E-state index in [0.717, 1.165) is 127 Å². The van der Waals surface area contributed by atoms with E-state index in [0.29, 0.717) is 0 Å². The van der Waals surface area contributed by atoms with E-state index in [9.17, 15) is 0 Å². The predicted octanol–water partition coefficient (Wildman–Crippen LogP) is 40.3. The summed E-state index contributed by atoms with van der Waals surface area (Å²) in [5, 5.41) is 33.7. The summed E-state index contributed by atoms with van der Waals surface area (Å²) in [6.07, 6.45) is 3.72. The van der Waals surface area contributed by atoms with Crippen LogP contribution in [0.4, 0.5) is 0 Å². The average Bonchev–Trinajstić information content (AvgIpc) is 1.69. The molecule has 0 radical (unpaired) electrons. The molecule has 31 aromatic rings. The molecule has 0 aliphatic heterocycles. The first kappa shape index (κ1) is 83.6. The predicted molar refractivity (Wildman–Crippen MR) is 616 cm³/mol. The van der Waals surface area contributed by atoms with Crippen molar-refractivity contribution in [3.63, 3.8) is 0 Å². The fraction of sp³-hybridized carbons (Fsp3) is 0. The molecule has 0 bridgehead atoms. The Kier molecular flexibility index (Phi) is 19.6. The maximum atomic E-state index is 6.93. The maximum Gasteiger partial charge on any atom is 0.143 e. The van der Waals surface area contributed by atoms with E-state index in [4.69, 9.17) is 17.7 Å². The van der Waals surface area contributed by atoms with Gasteiger partial charge < -0.3 is 17.7 Å². The van der Waals surface area contributed by atoms with Crippen LogP contribution in [0, 0.1) is 0 Å². The van der Waals surface area contributed by atoms with Crippen molar-refractivity contribution in [3.8, 4) is 111 Å². The smallest absolute Gasteiger partial charge is 0.143 e. The van der Waals surface area contributed by atoms with E-state index in [-0.39, 0.29) is 0 Å². The third-order valence-corrected chi connectivity index (χ3v) is 30.3. The Morgan fingerprint density at radius 2 is 0.363 bits per heavy atom. The Balaban J connectivity index is 0.000000104. The molecule has 0 saturated heterocycles. The molecule has 5 heterocycles. The number of rotatable bonds is 10. The lowest BCUT2D eigenvalue weighted by Gasteiger charge is -2.20. The third-order valence-electron chi connectivity index (χ3n) is 30.3. The summed E-state index contributed by atoms with van der Waals surface area (Å²) >= 11 is 0. The van der Waals surface area contributed by atoms with Gasteiger partial charge in [-0.15, -0.1) is 0 Å². The van der Waals surface area contributed by atoms with Crippen molar-refractivity contribution in [2.45, 2.75) is 0 Å². The summed E-state index contributed by atoms with van der Waals surface area (Å²) in [5.41, 5.74) is 30.8. The topological polar surface area (TPSA) is 65.5 Å². The fourth-order valence-electron chi connectivity index (χ4n) is 24.1. The lowest BCUT2D eigenvalue weighted by molar-refractivity contribution is 0.668. The van der Waals surface area contributed by atoms with Gasteiger partial charge in [0.15, 0.2) is 0 Å². The van der Waals surface area contributed by atoms with Crippen molar-refractivity contribution in [3.05, 3.63) is 516 Å². The van der Waals surface area contributed by atoms with Crippen LogP contribution in [0.1, 0.15) is 0 Å². The quantitative estimate of drug-likeness (QED) is 0.128. The zero-order valence-corrected chi connectivity index (χ0v) is 79.2. The molecule has 146 heavy (non-hydrogen) atoms. The highest BCUT2D eigenvalue weighted by molar-refractivity contribution is 6.33. The second kappa shape index (κ2) is 34.3. The van der Waals surface area contributed by atoms with Crippen molar-refractivity contribution < 1.29 is 17.7 Å². The molecule has 0 unspecified atom stereocenters. The van der Waals surface area contributed by atoms with Crippen molar-refractivity contribution in [2.24, 2.45) is 0 Å². The largest absolute Gasteiger partial charge is 0.456 e. The number of pyridine rings is 1. The molecule has 0 fully saturated rings. The molecule has 0 aliphatic rings. The molecular formula is C141H85NO4. The van der Waals surface area contributed by atoms with Crippen molar-refractivity contribution >= 4 is 195 Å². The zero-order valence-electron chi connectivity index (χ0n) is 79.2. The number of nitrogens with zero attached hydrogens (tertiary/aromatic N) is 1. The molecule has 31 rings (SSSR count). The highest BCUT2D eigenvalue weighted by atomic mass is 16.3. The number of hydrogen-bond donors (Lipinski definition) is 0. The van der Waals surface area contributed by atoms with Crippen molar-refractivity contribution in [2.75, 3.05) is 0 Å². The van der Waals surface area contributed by atoms with Crippen LogP contribution in [-0.2, 0) is 0 Å². The van der Waals surface area contributed by atoms with Gasteiger partial charge in [0.2, 0.25) is 0 Å². The Morgan fingerprint density at radius 1 is 0.123 bits per heavy atom. The van der Waals surface area contributed by atoms with Gasteiger partial charge >= 0.3 is 0 Å². The second-order valence-electron chi connectivity index (χ2n) is 38.1. The van der Waals surface area contributed by atoms with Gasteiger partial charge in [0.05, 0.1) is 0 Å². The van der Waals surface area contributed by atoms with Gasteiger partial charge in [-0.05, 0) is 251 Å². The summed E-state index contributed by atoms with van der Waals surface area (Å²) in [5.74, 6) is 0. The van der Waals surface area contributed by atoms with Gasteiger partial charge in [-0.1, -0.05) is 449 Å². The van der Waals surface area contributed by atoms with E-state index in [1.165, 1.54) is 180 Å². The third kappa shape index (κ3) is 13.3. The lowest BCUT2D eigenvalue weighted by atomic mass is 9.83. The molecule has 5 nitrogen and oxygen atoms in total. The highest BCUT2D eigenvalue weighted by Gasteiger charge is 2.30. The Labute approximate surface area is 839 Å². The first-order valence-electron chi connectivity index (χ1n) is 50.0. The fourth-order valence-corrected chi connectivity index (χ4v) is 24.1. The van der Waals surface area contributed by atoms with E-state index < -0.39 is 0 Å². The number of hydrogen-bond acceptors (Lipinski definition) is 5. The minimum absolute atomic E-state index is 0.873. The van der Waals surface area contributed by atoms with E-state index in [2.05, 4.69) is 484 Å². The van der Waals surface area contributed by atoms with Crippen LogP contribution < -0.4 is 0 Å². The maximum absolute atomic E-state index is 6.93. The molecule has 5 heteroatoms. The van der Waals surface area contributed by atoms with Crippen LogP contribution in [0.5, 0.6) is 0 Å². The number of furan rings is 4. The number of para-hydroxylation sites is 4. The molecule has 26 aromatic carbocycles. The van der Waals surface area contributed by atoms with E-state index >= 15 is 0 Å². The summed E-state index contributed by atoms with van der Waals surface area (Å²) in [4.78, 5) is 4.40. The van der Waals surface area contributed by atoms with Crippen LogP contribution >= 0.6 is 0 Å². The van der Waals surface area contributed by atoms with Crippen LogP contribution in [0.15, 0.2) is 534 Å². The molecule has 0 saturated carbocycles. The van der Waals surface area contributed by atoms with Gasteiger partial charge in [-0.3, -0.25) is 4.98 Å². The summed E-state index contributed by atoms with van der Waals surface area (Å²) in [7, 11) is 0. The number of aromatic nitrogens is 1. The molecule has 678 valence electrons. The molecule has 0 aliphatic carbocycles. The van der Waals surface area contributed by atoms with Gasteiger partial charge in [0.1, 0.15) is 44.7 Å². The molecular weight excluding hydrogens is 1770 g/mol. The molecule has 0 spiro atoms. The van der Waals surface area contributed by atoms with E-state index in [1.807, 2.05) is 36.7 Å². The van der Waals surface area contributed by atoms with Crippen molar-refractivity contribution in [1.29, 1.82) is 0 Å². The molecule has 5 aromatic heterocycles. The zero-order chi connectivity index (χ0) is 96.0. The van der Waals surface area contributed by atoms with Crippen molar-refractivity contribution in [1.82, 2.24) is 4.98 Å². The normalized spacial score (nSPS) is 11.8. The van der Waals surface area contributed by atoms with Gasteiger partial charge in [-0.25, -0.2) is 0 Å². The van der Waals surface area contributed by atoms with Gasteiger partial charge in [0, 0.05) is 77.7 Å². The molecule has 0 amide bonds.